The summed E-state index contributed by atoms with van der Waals surface area (Å²) in [4.78, 5) is 0. The summed E-state index contributed by atoms with van der Waals surface area (Å²) < 4.78 is 28.9. The summed E-state index contributed by atoms with van der Waals surface area (Å²) in [6.45, 7) is 5.35. The van der Waals surface area contributed by atoms with Gasteiger partial charge in [0, 0.05) is 0 Å². The van der Waals surface area contributed by atoms with Crippen molar-refractivity contribution in [3.05, 3.63) is 59.7 Å². The average Bonchev–Trinajstić information content (AvgIpc) is 2.67. The van der Waals surface area contributed by atoms with Crippen molar-refractivity contribution in [2.45, 2.75) is 37.3 Å². The molecule has 0 radical (unpaired) electrons. The maximum Gasteiger partial charge on any atom is 0.120 e. The normalized spacial score (nSPS) is 32.3. The molecule has 0 aromatic heterocycles. The fraction of sp³-hybridized carbons (Fsp3) is 0.455. The molecule has 0 saturated carbocycles. The first-order chi connectivity index (χ1) is 13.0. The summed E-state index contributed by atoms with van der Waals surface area (Å²) in [5.41, 5.74) is 1.40. The van der Waals surface area contributed by atoms with Crippen molar-refractivity contribution in [3.63, 3.8) is 0 Å². The Morgan fingerprint density at radius 1 is 0.704 bits per heavy atom. The maximum absolute atomic E-state index is 6.63. The molecule has 2 heterocycles. The number of hydrogen-bond donors (Lipinski definition) is 0. The molecule has 2 aliphatic rings. The summed E-state index contributed by atoms with van der Waals surface area (Å²) >= 11 is 0. The van der Waals surface area contributed by atoms with Crippen LogP contribution < -0.4 is 9.47 Å². The predicted octanol–water partition coefficient (Wildman–Crippen LogP) is 4.08. The molecule has 5 nitrogen and oxygen atoms in total. The smallest absolute Gasteiger partial charge is 0.120 e. The van der Waals surface area contributed by atoms with Crippen molar-refractivity contribution in [1.29, 1.82) is 0 Å². The minimum absolute atomic E-state index is 0.0997. The second-order valence-corrected chi connectivity index (χ2v) is 7.66. The van der Waals surface area contributed by atoms with Crippen LogP contribution in [-0.2, 0) is 14.2 Å². The fourth-order valence-electron chi connectivity index (χ4n) is 3.96. The standard InChI is InChI=1S/C22H26O5/c1-21(13-25-19(21)15-5-9-17(23-3)10-6-15)27-22(2)14-26-20(22)16-7-11-18(24-4)12-8-16/h5-12,19-20H,13-14H2,1-4H3. The molecular formula is C22H26O5. The lowest BCUT2D eigenvalue weighted by Crippen LogP contribution is -2.62. The number of benzene rings is 2. The Balaban J connectivity index is 1.49. The summed E-state index contributed by atoms with van der Waals surface area (Å²) in [5, 5.41) is 0. The summed E-state index contributed by atoms with van der Waals surface area (Å²) in [7, 11) is 3.33. The quantitative estimate of drug-likeness (QED) is 0.767. The van der Waals surface area contributed by atoms with E-state index in [1.54, 1.807) is 14.2 Å². The van der Waals surface area contributed by atoms with Crippen LogP contribution in [0.2, 0.25) is 0 Å². The highest BCUT2D eigenvalue weighted by atomic mass is 16.7. The molecule has 2 fully saturated rings. The molecule has 0 bridgehead atoms. The van der Waals surface area contributed by atoms with Gasteiger partial charge in [0.15, 0.2) is 0 Å². The second-order valence-electron chi connectivity index (χ2n) is 7.66. The monoisotopic (exact) mass is 370 g/mol. The van der Waals surface area contributed by atoms with E-state index in [1.807, 2.05) is 48.5 Å². The highest BCUT2D eigenvalue weighted by Gasteiger charge is 2.56. The molecule has 2 aliphatic heterocycles. The van der Waals surface area contributed by atoms with Gasteiger partial charge < -0.3 is 23.7 Å². The van der Waals surface area contributed by atoms with E-state index in [1.165, 1.54) is 0 Å². The summed E-state index contributed by atoms with van der Waals surface area (Å²) in [5.74, 6) is 1.67. The van der Waals surface area contributed by atoms with Gasteiger partial charge in [-0.05, 0) is 49.2 Å². The SMILES string of the molecule is COc1ccc(C2OCC2(C)OC2(C)COC2c2ccc(OC)cc2)cc1. The Morgan fingerprint density at radius 3 is 1.33 bits per heavy atom. The zero-order valence-electron chi connectivity index (χ0n) is 16.2. The van der Waals surface area contributed by atoms with Gasteiger partial charge in [0.2, 0.25) is 0 Å². The Labute approximate surface area is 160 Å². The number of ether oxygens (including phenoxy) is 5. The van der Waals surface area contributed by atoms with Crippen molar-refractivity contribution in [2.75, 3.05) is 27.4 Å². The number of hydrogen-bond acceptors (Lipinski definition) is 5. The average molecular weight is 370 g/mol. The van der Waals surface area contributed by atoms with E-state index in [2.05, 4.69) is 13.8 Å². The van der Waals surface area contributed by atoms with Crippen LogP contribution in [0.1, 0.15) is 37.2 Å². The first-order valence-electron chi connectivity index (χ1n) is 9.19. The van der Waals surface area contributed by atoms with Crippen LogP contribution in [0, 0.1) is 0 Å². The van der Waals surface area contributed by atoms with Crippen molar-refractivity contribution in [3.8, 4) is 11.5 Å². The van der Waals surface area contributed by atoms with Crippen LogP contribution in [0.25, 0.3) is 0 Å². The van der Waals surface area contributed by atoms with E-state index in [-0.39, 0.29) is 12.2 Å². The van der Waals surface area contributed by atoms with Crippen molar-refractivity contribution in [2.24, 2.45) is 0 Å². The van der Waals surface area contributed by atoms with Gasteiger partial charge >= 0.3 is 0 Å². The lowest BCUT2D eigenvalue weighted by atomic mass is 9.83. The second kappa shape index (κ2) is 6.82. The molecule has 4 rings (SSSR count). The Morgan fingerprint density at radius 2 is 1.07 bits per heavy atom. The number of methoxy groups -OCH3 is 2. The molecule has 2 saturated heterocycles. The third-order valence-electron chi connectivity index (χ3n) is 5.49. The molecule has 2 aromatic carbocycles. The van der Waals surface area contributed by atoms with E-state index in [4.69, 9.17) is 23.7 Å². The maximum atomic E-state index is 6.63. The zero-order valence-corrected chi connectivity index (χ0v) is 16.2. The van der Waals surface area contributed by atoms with Gasteiger partial charge in [-0.1, -0.05) is 24.3 Å². The van der Waals surface area contributed by atoms with Crippen molar-refractivity contribution in [1.82, 2.24) is 0 Å². The van der Waals surface area contributed by atoms with Gasteiger partial charge in [-0.15, -0.1) is 0 Å². The minimum atomic E-state index is -0.391. The third kappa shape index (κ3) is 3.20. The highest BCUT2D eigenvalue weighted by molar-refractivity contribution is 5.33. The van der Waals surface area contributed by atoms with E-state index in [0.717, 1.165) is 22.6 Å². The van der Waals surface area contributed by atoms with E-state index < -0.39 is 11.2 Å². The largest absolute Gasteiger partial charge is 0.497 e. The van der Waals surface area contributed by atoms with Crippen LogP contribution in [-0.4, -0.2) is 38.6 Å². The molecular weight excluding hydrogens is 344 g/mol. The molecule has 4 unspecified atom stereocenters. The lowest BCUT2D eigenvalue weighted by Gasteiger charge is -2.56. The topological polar surface area (TPSA) is 46.2 Å². The van der Waals surface area contributed by atoms with Gasteiger partial charge in [-0.2, -0.15) is 0 Å². The van der Waals surface area contributed by atoms with Crippen LogP contribution >= 0.6 is 0 Å². The molecule has 2 aromatic rings. The van der Waals surface area contributed by atoms with Crippen LogP contribution in [0.4, 0.5) is 0 Å². The number of rotatable bonds is 6. The Bertz CT molecular complexity index is 720. The van der Waals surface area contributed by atoms with Crippen LogP contribution in [0.5, 0.6) is 11.5 Å². The Kier molecular flexibility index (Phi) is 4.62. The van der Waals surface area contributed by atoms with Gasteiger partial charge in [0.25, 0.3) is 0 Å². The molecule has 5 heteroatoms. The van der Waals surface area contributed by atoms with Crippen LogP contribution in [0.15, 0.2) is 48.5 Å². The van der Waals surface area contributed by atoms with Crippen molar-refractivity contribution >= 4 is 0 Å². The fourth-order valence-corrected chi connectivity index (χ4v) is 3.96. The molecule has 27 heavy (non-hydrogen) atoms. The molecule has 144 valence electrons. The first-order valence-corrected chi connectivity index (χ1v) is 9.19. The summed E-state index contributed by atoms with van der Waals surface area (Å²) in [6, 6.07) is 15.9. The lowest BCUT2D eigenvalue weighted by molar-refractivity contribution is -0.357. The van der Waals surface area contributed by atoms with E-state index in [9.17, 15) is 0 Å². The van der Waals surface area contributed by atoms with Crippen LogP contribution in [0.3, 0.4) is 0 Å². The molecule has 0 amide bonds. The van der Waals surface area contributed by atoms with Gasteiger partial charge in [0.05, 0.1) is 27.4 Å². The molecule has 4 atom stereocenters. The Hall–Kier alpha value is -2.08. The molecule has 0 spiro atoms. The van der Waals surface area contributed by atoms with Gasteiger partial charge in [0.1, 0.15) is 34.9 Å². The van der Waals surface area contributed by atoms with Crippen molar-refractivity contribution < 1.29 is 23.7 Å². The van der Waals surface area contributed by atoms with E-state index >= 15 is 0 Å². The molecule has 0 aliphatic carbocycles. The third-order valence-corrected chi connectivity index (χ3v) is 5.49. The highest BCUT2D eigenvalue weighted by Crippen LogP contribution is 2.50. The predicted molar refractivity (Wildman–Crippen MR) is 101 cm³/mol. The van der Waals surface area contributed by atoms with Gasteiger partial charge in [-0.25, -0.2) is 0 Å². The van der Waals surface area contributed by atoms with Gasteiger partial charge in [-0.3, -0.25) is 0 Å². The first kappa shape index (κ1) is 18.3. The zero-order chi connectivity index (χ0) is 19.1. The summed E-state index contributed by atoms with van der Waals surface area (Å²) in [6.07, 6.45) is -0.199. The minimum Gasteiger partial charge on any atom is -0.497 e. The molecule has 0 N–H and O–H groups in total. The van der Waals surface area contributed by atoms with E-state index in [0.29, 0.717) is 13.2 Å².